The van der Waals surface area contributed by atoms with Gasteiger partial charge in [-0.3, -0.25) is 14.5 Å². The van der Waals surface area contributed by atoms with Crippen LogP contribution in [0.4, 0.5) is 10.1 Å². The molecule has 0 fully saturated rings. The maximum atomic E-state index is 13.6. The third kappa shape index (κ3) is 2.24. The molecule has 2 heterocycles. The van der Waals surface area contributed by atoms with Gasteiger partial charge in [-0.15, -0.1) is 11.3 Å². The summed E-state index contributed by atoms with van der Waals surface area (Å²) in [6.45, 7) is 3.96. The van der Waals surface area contributed by atoms with Crippen LogP contribution in [-0.2, 0) is 11.3 Å². The number of Topliss-reactive ketones (excluding diaryl/α,β-unsaturated/α-hetero) is 1. The van der Waals surface area contributed by atoms with Gasteiger partial charge in [0.1, 0.15) is 10.8 Å². The Kier molecular flexibility index (Phi) is 3.30. The van der Waals surface area contributed by atoms with Crippen molar-refractivity contribution in [1.82, 2.24) is 4.98 Å². The van der Waals surface area contributed by atoms with Crippen LogP contribution in [0.25, 0.3) is 0 Å². The lowest BCUT2D eigenvalue weighted by Gasteiger charge is -2.14. The number of amides is 1. The van der Waals surface area contributed by atoms with Crippen LogP contribution in [0.5, 0.6) is 0 Å². The Labute approximate surface area is 129 Å². The minimum atomic E-state index is -0.683. The van der Waals surface area contributed by atoms with Gasteiger partial charge in [0.05, 0.1) is 28.5 Å². The maximum absolute atomic E-state index is 13.6. The third-order valence-electron chi connectivity index (χ3n) is 3.38. The molecule has 108 valence electrons. The van der Waals surface area contributed by atoms with E-state index < -0.39 is 17.5 Å². The van der Waals surface area contributed by atoms with Gasteiger partial charge in [-0.1, -0.05) is 11.6 Å². The molecule has 1 aliphatic heterocycles. The number of hydrogen-bond acceptors (Lipinski definition) is 4. The van der Waals surface area contributed by atoms with Crippen molar-refractivity contribution >= 4 is 40.3 Å². The van der Waals surface area contributed by atoms with Gasteiger partial charge < -0.3 is 0 Å². The summed E-state index contributed by atoms with van der Waals surface area (Å²) in [7, 11) is 0. The number of thiazole rings is 1. The summed E-state index contributed by atoms with van der Waals surface area (Å²) < 4.78 is 13.6. The molecule has 0 spiro atoms. The number of halogens is 2. The zero-order valence-corrected chi connectivity index (χ0v) is 12.8. The molecular weight excluding hydrogens is 315 g/mol. The molecule has 2 aromatic rings. The van der Waals surface area contributed by atoms with Crippen LogP contribution in [0, 0.1) is 19.7 Å². The van der Waals surface area contributed by atoms with Crippen LogP contribution in [0.15, 0.2) is 12.1 Å². The van der Waals surface area contributed by atoms with E-state index in [1.54, 1.807) is 0 Å². The molecule has 0 saturated heterocycles. The van der Waals surface area contributed by atoms with E-state index in [0.29, 0.717) is 5.01 Å². The van der Waals surface area contributed by atoms with E-state index in [1.807, 2.05) is 13.8 Å². The molecule has 4 nitrogen and oxygen atoms in total. The number of fused-ring (bicyclic) bond motifs is 1. The van der Waals surface area contributed by atoms with Gasteiger partial charge in [0, 0.05) is 4.88 Å². The zero-order chi connectivity index (χ0) is 15.3. The Morgan fingerprint density at radius 3 is 2.67 bits per heavy atom. The van der Waals surface area contributed by atoms with Crippen molar-refractivity contribution in [2.45, 2.75) is 20.4 Å². The van der Waals surface area contributed by atoms with Crippen molar-refractivity contribution in [3.8, 4) is 0 Å². The Bertz CT molecular complexity index is 768. The first-order valence-electron chi connectivity index (χ1n) is 6.16. The molecule has 1 aromatic heterocycles. The highest BCUT2D eigenvalue weighted by Gasteiger charge is 2.37. The fourth-order valence-electron chi connectivity index (χ4n) is 2.19. The summed E-state index contributed by atoms with van der Waals surface area (Å²) >= 11 is 7.12. The molecule has 0 bridgehead atoms. The van der Waals surface area contributed by atoms with E-state index in [0.717, 1.165) is 16.6 Å². The lowest BCUT2D eigenvalue weighted by atomic mass is 10.1. The smallest absolute Gasteiger partial charge is 0.298 e. The Balaban J connectivity index is 2.03. The number of benzene rings is 1. The maximum Gasteiger partial charge on any atom is 0.299 e. The van der Waals surface area contributed by atoms with Gasteiger partial charge in [0.25, 0.3) is 11.7 Å². The monoisotopic (exact) mass is 324 g/mol. The minimum Gasteiger partial charge on any atom is -0.298 e. The molecule has 3 rings (SSSR count). The largest absolute Gasteiger partial charge is 0.299 e. The summed E-state index contributed by atoms with van der Waals surface area (Å²) in [5.74, 6) is -2.01. The van der Waals surface area contributed by atoms with Crippen LogP contribution in [-0.4, -0.2) is 16.7 Å². The van der Waals surface area contributed by atoms with E-state index >= 15 is 0 Å². The lowest BCUT2D eigenvalue weighted by molar-refractivity contribution is -0.114. The normalized spacial score (nSPS) is 14.0. The molecule has 1 aliphatic rings. The summed E-state index contributed by atoms with van der Waals surface area (Å²) in [6.07, 6.45) is 0. The Morgan fingerprint density at radius 1 is 1.33 bits per heavy atom. The van der Waals surface area contributed by atoms with E-state index in [9.17, 15) is 14.0 Å². The topological polar surface area (TPSA) is 50.3 Å². The Morgan fingerprint density at radius 2 is 2.05 bits per heavy atom. The van der Waals surface area contributed by atoms with Gasteiger partial charge in [-0.05, 0) is 26.0 Å². The van der Waals surface area contributed by atoms with Gasteiger partial charge in [-0.25, -0.2) is 9.37 Å². The first-order valence-corrected chi connectivity index (χ1v) is 7.36. The zero-order valence-electron chi connectivity index (χ0n) is 11.2. The van der Waals surface area contributed by atoms with Crippen molar-refractivity contribution in [3.63, 3.8) is 0 Å². The van der Waals surface area contributed by atoms with Gasteiger partial charge in [-0.2, -0.15) is 0 Å². The second kappa shape index (κ2) is 4.89. The van der Waals surface area contributed by atoms with Gasteiger partial charge in [0.2, 0.25) is 0 Å². The predicted molar refractivity (Wildman–Crippen MR) is 78.5 cm³/mol. The minimum absolute atomic E-state index is 0.136. The number of anilines is 1. The molecule has 0 saturated carbocycles. The molecular formula is C14H10ClFN2O2S. The van der Waals surface area contributed by atoms with E-state index in [2.05, 4.69) is 4.98 Å². The van der Waals surface area contributed by atoms with Crippen LogP contribution in [0.1, 0.15) is 25.9 Å². The van der Waals surface area contributed by atoms with E-state index in [1.165, 1.54) is 22.3 Å². The SMILES string of the molecule is Cc1nc(CN2C(=O)C(=O)c3cc(Cl)c(F)cc32)sc1C. The summed E-state index contributed by atoms with van der Waals surface area (Å²) in [5.41, 5.74) is 1.27. The van der Waals surface area contributed by atoms with E-state index in [-0.39, 0.29) is 22.8 Å². The van der Waals surface area contributed by atoms with Crippen molar-refractivity contribution in [1.29, 1.82) is 0 Å². The van der Waals surface area contributed by atoms with Crippen molar-refractivity contribution in [2.75, 3.05) is 4.90 Å². The average molecular weight is 325 g/mol. The van der Waals surface area contributed by atoms with Crippen molar-refractivity contribution in [3.05, 3.63) is 44.1 Å². The first-order chi connectivity index (χ1) is 9.88. The van der Waals surface area contributed by atoms with Crippen LogP contribution in [0.2, 0.25) is 5.02 Å². The van der Waals surface area contributed by atoms with Crippen LogP contribution in [0.3, 0.4) is 0 Å². The number of aromatic nitrogens is 1. The van der Waals surface area contributed by atoms with Crippen molar-refractivity contribution < 1.29 is 14.0 Å². The van der Waals surface area contributed by atoms with Gasteiger partial charge >= 0.3 is 0 Å². The predicted octanol–water partition coefficient (Wildman–Crippen LogP) is 3.28. The standard InChI is InChI=1S/C14H10ClFN2O2S/c1-6-7(2)21-12(17-6)5-18-11-4-10(16)9(15)3-8(11)13(19)14(18)20/h3-4H,5H2,1-2H3. The number of hydrogen-bond donors (Lipinski definition) is 0. The summed E-state index contributed by atoms with van der Waals surface area (Å²) in [4.78, 5) is 30.6. The molecule has 21 heavy (non-hydrogen) atoms. The molecule has 0 unspecified atom stereocenters. The Hall–Kier alpha value is -1.79. The molecule has 1 aromatic carbocycles. The molecule has 1 amide bonds. The second-order valence-electron chi connectivity index (χ2n) is 4.75. The van der Waals surface area contributed by atoms with Crippen LogP contribution < -0.4 is 4.90 Å². The highest BCUT2D eigenvalue weighted by atomic mass is 35.5. The fourth-order valence-corrected chi connectivity index (χ4v) is 3.27. The fraction of sp³-hybridized carbons (Fsp3) is 0.214. The average Bonchev–Trinajstić information content (AvgIpc) is 2.85. The quantitative estimate of drug-likeness (QED) is 0.797. The molecule has 7 heteroatoms. The number of nitrogens with zero attached hydrogens (tertiary/aromatic N) is 2. The molecule has 0 aliphatic carbocycles. The third-order valence-corrected chi connectivity index (χ3v) is 4.73. The lowest BCUT2D eigenvalue weighted by Crippen LogP contribution is -2.29. The van der Waals surface area contributed by atoms with E-state index in [4.69, 9.17) is 11.6 Å². The number of ketones is 1. The number of rotatable bonds is 2. The second-order valence-corrected chi connectivity index (χ2v) is 6.45. The van der Waals surface area contributed by atoms with Crippen LogP contribution >= 0.6 is 22.9 Å². The molecule has 0 atom stereocenters. The molecule has 0 N–H and O–H groups in total. The number of aryl methyl sites for hydroxylation is 2. The van der Waals surface area contributed by atoms with Gasteiger partial charge in [0.15, 0.2) is 0 Å². The summed E-state index contributed by atoms with van der Waals surface area (Å²) in [5, 5.41) is 0.534. The highest BCUT2D eigenvalue weighted by Crippen LogP contribution is 2.34. The number of carbonyl (C=O) groups is 2. The highest BCUT2D eigenvalue weighted by molar-refractivity contribution is 7.11. The number of carbonyl (C=O) groups excluding carboxylic acids is 2. The van der Waals surface area contributed by atoms with Crippen molar-refractivity contribution in [2.24, 2.45) is 0 Å². The summed E-state index contributed by atoms with van der Waals surface area (Å²) in [6, 6.07) is 2.32. The first kappa shape index (κ1) is 14.2. The molecule has 0 radical (unpaired) electrons.